The lowest BCUT2D eigenvalue weighted by atomic mass is 9.63. The van der Waals surface area contributed by atoms with Gasteiger partial charge in [-0.2, -0.15) is 0 Å². The van der Waals surface area contributed by atoms with Gasteiger partial charge in [0.1, 0.15) is 6.10 Å². The predicted octanol–water partition coefficient (Wildman–Crippen LogP) is 6.76. The second-order valence-corrected chi connectivity index (χ2v) is 11.2. The molecule has 1 aliphatic carbocycles. The third-order valence-corrected chi connectivity index (χ3v) is 4.89. The minimum absolute atomic E-state index is 0.162. The summed E-state index contributed by atoms with van der Waals surface area (Å²) in [4.78, 5) is 24.1. The molecule has 0 radical (unpaired) electrons. The molecule has 0 amide bonds. The lowest BCUT2D eigenvalue weighted by Gasteiger charge is -2.51. The Balaban J connectivity index is 2.46. The van der Waals surface area contributed by atoms with E-state index < -0.39 is 16.8 Å². The van der Waals surface area contributed by atoms with Crippen molar-refractivity contribution in [1.29, 1.82) is 0 Å². The monoisotopic (exact) mass is 404 g/mol. The highest BCUT2D eigenvalue weighted by molar-refractivity contribution is 5.50. The van der Waals surface area contributed by atoms with Crippen LogP contribution in [-0.2, 0) is 19.6 Å². The minimum Gasteiger partial charge on any atom is -0.231 e. The van der Waals surface area contributed by atoms with Gasteiger partial charge in [0, 0.05) is 0 Å². The fourth-order valence-electron chi connectivity index (χ4n) is 4.06. The molecule has 1 aromatic carbocycles. The zero-order chi connectivity index (χ0) is 21.9. The lowest BCUT2D eigenvalue weighted by molar-refractivity contribution is -0.467. The van der Waals surface area contributed by atoms with Gasteiger partial charge in [0.2, 0.25) is 0 Å². The van der Waals surface area contributed by atoms with Gasteiger partial charge in [-0.25, -0.2) is 19.6 Å². The molecule has 164 valence electrons. The number of benzene rings is 1. The maximum Gasteiger partial charge on any atom is 0.152 e. The van der Waals surface area contributed by atoms with Crippen molar-refractivity contribution in [1.82, 2.24) is 0 Å². The standard InChI is InChI=1S/C25H40O4/c1-19-17-24(8,9)21(26-27-22(2,3)4)25(18-19,29-28-23(5,6)7)16-15-20-13-11-10-12-14-20/h10-16,19,21H,17-18H2,1-9H3. The Bertz CT molecular complexity index is 666. The molecule has 1 saturated carbocycles. The molecule has 1 aromatic rings. The van der Waals surface area contributed by atoms with Crippen LogP contribution in [0.4, 0.5) is 0 Å². The van der Waals surface area contributed by atoms with Crippen molar-refractivity contribution in [2.45, 2.75) is 98.1 Å². The quantitative estimate of drug-likeness (QED) is 0.388. The summed E-state index contributed by atoms with van der Waals surface area (Å²) >= 11 is 0. The molecular weight excluding hydrogens is 364 g/mol. The van der Waals surface area contributed by atoms with Crippen molar-refractivity contribution < 1.29 is 19.6 Å². The molecule has 0 aromatic heterocycles. The summed E-state index contributed by atoms with van der Waals surface area (Å²) in [6, 6.07) is 10.2. The summed E-state index contributed by atoms with van der Waals surface area (Å²) in [5, 5.41) is 0. The molecule has 2 rings (SSSR count). The molecule has 4 nitrogen and oxygen atoms in total. The SMILES string of the molecule is CC1CC(C)(C)C(OOC(C)(C)C)C(C=Cc2ccccc2)(OOC(C)(C)C)C1. The summed E-state index contributed by atoms with van der Waals surface area (Å²) in [6.07, 6.45) is 5.67. The van der Waals surface area contributed by atoms with E-state index >= 15 is 0 Å². The molecule has 3 unspecified atom stereocenters. The second-order valence-electron chi connectivity index (χ2n) is 11.2. The van der Waals surface area contributed by atoms with Crippen LogP contribution in [0.2, 0.25) is 0 Å². The zero-order valence-corrected chi connectivity index (χ0v) is 19.7. The van der Waals surface area contributed by atoms with Gasteiger partial charge in [-0.1, -0.05) is 57.2 Å². The first-order chi connectivity index (χ1) is 13.2. The van der Waals surface area contributed by atoms with Crippen LogP contribution < -0.4 is 0 Å². The molecule has 0 aliphatic heterocycles. The normalized spacial score (nSPS) is 28.0. The first-order valence-corrected chi connectivity index (χ1v) is 10.7. The molecular formula is C25H40O4. The Kier molecular flexibility index (Phi) is 7.38. The highest BCUT2D eigenvalue weighted by Crippen LogP contribution is 2.49. The van der Waals surface area contributed by atoms with E-state index in [4.69, 9.17) is 19.6 Å². The van der Waals surface area contributed by atoms with E-state index in [2.05, 4.69) is 45.1 Å². The summed E-state index contributed by atoms with van der Waals surface area (Å²) in [5.74, 6) is 0.448. The topological polar surface area (TPSA) is 36.9 Å². The smallest absolute Gasteiger partial charge is 0.152 e. The lowest BCUT2D eigenvalue weighted by Crippen LogP contribution is -2.58. The third-order valence-electron chi connectivity index (χ3n) is 4.89. The van der Waals surface area contributed by atoms with Crippen molar-refractivity contribution in [3.05, 3.63) is 42.0 Å². The maximum atomic E-state index is 6.25. The summed E-state index contributed by atoms with van der Waals surface area (Å²) in [7, 11) is 0. The Labute approximate surface area is 177 Å². The van der Waals surface area contributed by atoms with Gasteiger partial charge in [0.25, 0.3) is 0 Å². The van der Waals surface area contributed by atoms with Gasteiger partial charge in [0.05, 0.1) is 11.2 Å². The second kappa shape index (κ2) is 8.89. The maximum absolute atomic E-state index is 6.25. The van der Waals surface area contributed by atoms with Crippen LogP contribution in [0.3, 0.4) is 0 Å². The molecule has 0 N–H and O–H groups in total. The Morgan fingerprint density at radius 3 is 2.03 bits per heavy atom. The number of rotatable bonds is 6. The average molecular weight is 405 g/mol. The molecule has 1 fully saturated rings. The highest BCUT2D eigenvalue weighted by Gasteiger charge is 2.55. The van der Waals surface area contributed by atoms with Crippen LogP contribution in [0.5, 0.6) is 0 Å². The van der Waals surface area contributed by atoms with Crippen molar-refractivity contribution in [2.75, 3.05) is 0 Å². The minimum atomic E-state index is -0.768. The largest absolute Gasteiger partial charge is 0.231 e. The molecule has 4 heteroatoms. The fraction of sp³-hybridized carbons (Fsp3) is 0.680. The third kappa shape index (κ3) is 7.21. The highest BCUT2D eigenvalue weighted by atomic mass is 17.2. The van der Waals surface area contributed by atoms with Crippen LogP contribution in [0.1, 0.15) is 80.7 Å². The molecule has 0 saturated heterocycles. The molecule has 0 spiro atoms. The van der Waals surface area contributed by atoms with E-state index in [1.54, 1.807) is 0 Å². The summed E-state index contributed by atoms with van der Waals surface area (Å²) in [6.45, 7) is 18.6. The average Bonchev–Trinajstić information content (AvgIpc) is 2.56. The number of hydrogen-bond acceptors (Lipinski definition) is 4. The van der Waals surface area contributed by atoms with Crippen molar-refractivity contribution >= 4 is 6.08 Å². The Morgan fingerprint density at radius 2 is 1.48 bits per heavy atom. The van der Waals surface area contributed by atoms with E-state index in [0.717, 1.165) is 18.4 Å². The summed E-state index contributed by atoms with van der Waals surface area (Å²) < 4.78 is 0. The molecule has 1 aliphatic rings. The molecule has 3 atom stereocenters. The van der Waals surface area contributed by atoms with Gasteiger partial charge in [0.15, 0.2) is 5.60 Å². The Morgan fingerprint density at radius 1 is 0.897 bits per heavy atom. The molecule has 0 heterocycles. The van der Waals surface area contributed by atoms with E-state index in [9.17, 15) is 0 Å². The van der Waals surface area contributed by atoms with E-state index in [1.807, 2.05) is 59.7 Å². The van der Waals surface area contributed by atoms with Gasteiger partial charge < -0.3 is 0 Å². The molecule has 0 bridgehead atoms. The zero-order valence-electron chi connectivity index (χ0n) is 19.7. The van der Waals surface area contributed by atoms with Crippen molar-refractivity contribution in [3.63, 3.8) is 0 Å². The van der Waals surface area contributed by atoms with Crippen LogP contribution >= 0.6 is 0 Å². The first kappa shape index (κ1) is 24.1. The molecule has 29 heavy (non-hydrogen) atoms. The van der Waals surface area contributed by atoms with E-state index in [1.165, 1.54) is 0 Å². The van der Waals surface area contributed by atoms with Crippen LogP contribution in [-0.4, -0.2) is 22.9 Å². The van der Waals surface area contributed by atoms with Crippen LogP contribution in [0, 0.1) is 11.3 Å². The van der Waals surface area contributed by atoms with E-state index in [0.29, 0.717) is 5.92 Å². The van der Waals surface area contributed by atoms with Gasteiger partial charge in [-0.3, -0.25) is 0 Å². The van der Waals surface area contributed by atoms with Gasteiger partial charge in [-0.05, 0) is 77.4 Å². The van der Waals surface area contributed by atoms with Crippen molar-refractivity contribution in [2.24, 2.45) is 11.3 Å². The van der Waals surface area contributed by atoms with Gasteiger partial charge >= 0.3 is 0 Å². The fourth-order valence-corrected chi connectivity index (χ4v) is 4.06. The van der Waals surface area contributed by atoms with Crippen LogP contribution in [0.15, 0.2) is 36.4 Å². The summed E-state index contributed by atoms with van der Waals surface area (Å²) in [5.41, 5.74) is -0.675. The first-order valence-electron chi connectivity index (χ1n) is 10.7. The van der Waals surface area contributed by atoms with Gasteiger partial charge in [-0.15, -0.1) is 0 Å². The Hall–Kier alpha value is -1.20. The van der Waals surface area contributed by atoms with Crippen LogP contribution in [0.25, 0.3) is 6.08 Å². The number of hydrogen-bond donors (Lipinski definition) is 0. The van der Waals surface area contributed by atoms with E-state index in [-0.39, 0.29) is 11.5 Å². The van der Waals surface area contributed by atoms with Crippen molar-refractivity contribution in [3.8, 4) is 0 Å². The predicted molar refractivity (Wildman–Crippen MR) is 118 cm³/mol.